The van der Waals surface area contributed by atoms with Crippen molar-refractivity contribution >= 4 is 23.5 Å². The van der Waals surface area contributed by atoms with Crippen LogP contribution >= 0.6 is 0 Å². The first-order chi connectivity index (χ1) is 8.45. The highest BCUT2D eigenvalue weighted by Crippen LogP contribution is 2.15. The van der Waals surface area contributed by atoms with E-state index in [0.29, 0.717) is 5.56 Å². The van der Waals surface area contributed by atoms with Crippen molar-refractivity contribution in [1.82, 2.24) is 0 Å². The van der Waals surface area contributed by atoms with Gasteiger partial charge in [0.2, 0.25) is 0 Å². The van der Waals surface area contributed by atoms with Crippen LogP contribution in [-0.2, 0) is 9.59 Å². The number of Topliss-reactive ketones (excluding diaryl/α,β-unsaturated/α-hetero) is 1. The Hall–Kier alpha value is -2.50. The molecule has 0 aliphatic rings. The zero-order valence-electron chi connectivity index (χ0n) is 9.62. The van der Waals surface area contributed by atoms with Gasteiger partial charge in [0.15, 0.2) is 5.78 Å². The van der Waals surface area contributed by atoms with Crippen molar-refractivity contribution in [2.45, 2.75) is 13.3 Å². The van der Waals surface area contributed by atoms with E-state index in [0.717, 1.165) is 0 Å². The van der Waals surface area contributed by atoms with Gasteiger partial charge in [0.25, 0.3) is 5.69 Å². The number of benzene rings is 1. The Morgan fingerprint density at radius 3 is 2.28 bits per heavy atom. The fourth-order valence-electron chi connectivity index (χ4n) is 1.31. The molecule has 18 heavy (non-hydrogen) atoms. The molecule has 0 fully saturated rings. The minimum Gasteiger partial charge on any atom is -0.478 e. The van der Waals surface area contributed by atoms with Crippen molar-refractivity contribution < 1.29 is 19.6 Å². The molecule has 0 spiro atoms. The number of nitro groups is 1. The highest BCUT2D eigenvalue weighted by molar-refractivity contribution is 6.19. The zero-order valence-corrected chi connectivity index (χ0v) is 9.62. The summed E-state index contributed by atoms with van der Waals surface area (Å²) in [6.07, 6.45) is 1.29. The standard InChI is InChI=1S/C12H11NO5/c1-2-11(14)10(12(15)16)7-8-3-5-9(6-4-8)13(17)18/h3-7H,2H2,1H3,(H,15,16). The fourth-order valence-corrected chi connectivity index (χ4v) is 1.31. The molecule has 94 valence electrons. The summed E-state index contributed by atoms with van der Waals surface area (Å²) in [5, 5.41) is 19.3. The largest absolute Gasteiger partial charge is 0.478 e. The second-order valence-corrected chi connectivity index (χ2v) is 3.49. The number of ketones is 1. The molecule has 1 N–H and O–H groups in total. The summed E-state index contributed by atoms with van der Waals surface area (Å²) in [7, 11) is 0. The highest BCUT2D eigenvalue weighted by atomic mass is 16.6. The van der Waals surface area contributed by atoms with Crippen molar-refractivity contribution in [3.63, 3.8) is 0 Å². The van der Waals surface area contributed by atoms with E-state index in [2.05, 4.69) is 0 Å². The summed E-state index contributed by atoms with van der Waals surface area (Å²) in [5.74, 6) is -1.79. The molecule has 1 rings (SSSR count). The second-order valence-electron chi connectivity index (χ2n) is 3.49. The maximum Gasteiger partial charge on any atom is 0.339 e. The number of carbonyl (C=O) groups excluding carboxylic acids is 1. The van der Waals surface area contributed by atoms with Crippen LogP contribution < -0.4 is 0 Å². The lowest BCUT2D eigenvalue weighted by molar-refractivity contribution is -0.384. The smallest absolute Gasteiger partial charge is 0.339 e. The Morgan fingerprint density at radius 2 is 1.89 bits per heavy atom. The van der Waals surface area contributed by atoms with E-state index in [1.165, 1.54) is 30.3 Å². The molecule has 0 radical (unpaired) electrons. The Labute approximate surface area is 103 Å². The van der Waals surface area contributed by atoms with E-state index in [4.69, 9.17) is 5.11 Å². The summed E-state index contributed by atoms with van der Waals surface area (Å²) in [5.41, 5.74) is 0.0111. The number of carbonyl (C=O) groups is 2. The Bertz CT molecular complexity index is 516. The lowest BCUT2D eigenvalue weighted by Gasteiger charge is -1.99. The molecular weight excluding hydrogens is 238 g/mol. The number of carboxylic acids is 1. The number of hydrogen-bond acceptors (Lipinski definition) is 4. The Morgan fingerprint density at radius 1 is 1.33 bits per heavy atom. The van der Waals surface area contributed by atoms with Crippen LogP contribution in [0.2, 0.25) is 0 Å². The van der Waals surface area contributed by atoms with Gasteiger partial charge >= 0.3 is 5.97 Å². The topological polar surface area (TPSA) is 97.5 Å². The minimum atomic E-state index is -1.31. The van der Waals surface area contributed by atoms with Crippen molar-refractivity contribution in [2.75, 3.05) is 0 Å². The number of aliphatic carboxylic acids is 1. The molecule has 0 atom stereocenters. The number of carboxylic acid groups (broad SMARTS) is 1. The molecule has 6 heteroatoms. The highest BCUT2D eigenvalue weighted by Gasteiger charge is 2.15. The van der Waals surface area contributed by atoms with Gasteiger partial charge in [0.05, 0.1) is 4.92 Å². The Kier molecular flexibility index (Phi) is 4.31. The normalized spacial score (nSPS) is 11.1. The van der Waals surface area contributed by atoms with Crippen molar-refractivity contribution in [3.05, 3.63) is 45.5 Å². The van der Waals surface area contributed by atoms with Gasteiger partial charge in [-0.3, -0.25) is 14.9 Å². The van der Waals surface area contributed by atoms with Gasteiger partial charge in [-0.1, -0.05) is 6.92 Å². The number of non-ortho nitro benzene ring substituents is 1. The average molecular weight is 249 g/mol. The van der Waals surface area contributed by atoms with E-state index in [9.17, 15) is 19.7 Å². The maximum atomic E-state index is 11.4. The molecular formula is C12H11NO5. The third kappa shape index (κ3) is 3.24. The van der Waals surface area contributed by atoms with Gasteiger partial charge in [-0.2, -0.15) is 0 Å². The summed E-state index contributed by atoms with van der Waals surface area (Å²) >= 11 is 0. The SMILES string of the molecule is CCC(=O)C(=Cc1ccc([N+](=O)[O-])cc1)C(=O)O. The molecule has 0 bridgehead atoms. The first kappa shape index (κ1) is 13.6. The minimum absolute atomic E-state index is 0.0884. The third-order valence-corrected chi connectivity index (χ3v) is 2.27. The van der Waals surface area contributed by atoms with E-state index in [1.54, 1.807) is 6.92 Å². The molecule has 0 amide bonds. The molecule has 0 unspecified atom stereocenters. The van der Waals surface area contributed by atoms with Gasteiger partial charge in [-0.15, -0.1) is 0 Å². The van der Waals surface area contributed by atoms with Crippen LogP contribution in [0.5, 0.6) is 0 Å². The zero-order chi connectivity index (χ0) is 13.7. The van der Waals surface area contributed by atoms with Gasteiger partial charge in [0.1, 0.15) is 5.57 Å². The van der Waals surface area contributed by atoms with Crippen LogP contribution in [0, 0.1) is 10.1 Å². The molecule has 0 aromatic heterocycles. The van der Waals surface area contributed by atoms with Gasteiger partial charge in [-0.05, 0) is 23.8 Å². The monoisotopic (exact) mass is 249 g/mol. The summed E-state index contributed by atoms with van der Waals surface area (Å²) in [4.78, 5) is 32.1. The summed E-state index contributed by atoms with van der Waals surface area (Å²) in [6.45, 7) is 1.56. The van der Waals surface area contributed by atoms with E-state index >= 15 is 0 Å². The van der Waals surface area contributed by atoms with Crippen LogP contribution in [0.3, 0.4) is 0 Å². The predicted molar refractivity (Wildman–Crippen MR) is 64.0 cm³/mol. The molecule has 6 nitrogen and oxygen atoms in total. The van der Waals surface area contributed by atoms with Crippen LogP contribution in [0.1, 0.15) is 18.9 Å². The predicted octanol–water partition coefficient (Wildman–Crippen LogP) is 2.04. The molecule has 0 saturated heterocycles. The van der Waals surface area contributed by atoms with Crippen molar-refractivity contribution in [2.24, 2.45) is 0 Å². The van der Waals surface area contributed by atoms with Crippen molar-refractivity contribution in [1.29, 1.82) is 0 Å². The first-order valence-electron chi connectivity index (χ1n) is 5.18. The Balaban J connectivity index is 3.09. The molecule has 0 aliphatic carbocycles. The summed E-state index contributed by atoms with van der Waals surface area (Å²) < 4.78 is 0. The number of nitrogens with zero attached hydrogens (tertiary/aromatic N) is 1. The van der Waals surface area contributed by atoms with E-state index in [-0.39, 0.29) is 17.7 Å². The molecule has 0 aliphatic heterocycles. The van der Waals surface area contributed by atoms with Crippen LogP contribution in [0.4, 0.5) is 5.69 Å². The van der Waals surface area contributed by atoms with Crippen LogP contribution in [0.15, 0.2) is 29.8 Å². The van der Waals surface area contributed by atoms with Crippen LogP contribution in [0.25, 0.3) is 6.08 Å². The van der Waals surface area contributed by atoms with E-state index < -0.39 is 16.7 Å². The van der Waals surface area contributed by atoms with Crippen molar-refractivity contribution in [3.8, 4) is 0 Å². The number of rotatable bonds is 5. The average Bonchev–Trinajstić information content (AvgIpc) is 2.35. The van der Waals surface area contributed by atoms with Gasteiger partial charge in [0, 0.05) is 18.6 Å². The number of nitro benzene ring substituents is 1. The number of hydrogen-bond donors (Lipinski definition) is 1. The molecule has 0 heterocycles. The molecule has 1 aromatic carbocycles. The second kappa shape index (κ2) is 5.72. The summed E-state index contributed by atoms with van der Waals surface area (Å²) in [6, 6.07) is 5.29. The quantitative estimate of drug-likeness (QED) is 0.283. The fraction of sp³-hybridized carbons (Fsp3) is 0.167. The van der Waals surface area contributed by atoms with Gasteiger partial charge in [-0.25, -0.2) is 4.79 Å². The lowest BCUT2D eigenvalue weighted by Crippen LogP contribution is -2.10. The molecule has 0 saturated carbocycles. The maximum absolute atomic E-state index is 11.4. The first-order valence-corrected chi connectivity index (χ1v) is 5.18. The lowest BCUT2D eigenvalue weighted by atomic mass is 10.1. The van der Waals surface area contributed by atoms with Gasteiger partial charge < -0.3 is 5.11 Å². The molecule has 1 aromatic rings. The third-order valence-electron chi connectivity index (χ3n) is 2.27. The van der Waals surface area contributed by atoms with E-state index in [1.807, 2.05) is 0 Å². The van der Waals surface area contributed by atoms with Crippen LogP contribution in [-0.4, -0.2) is 21.8 Å².